The number of rotatable bonds is 10. The fourth-order valence-electron chi connectivity index (χ4n) is 5.25. The summed E-state index contributed by atoms with van der Waals surface area (Å²) >= 11 is 0. The van der Waals surface area contributed by atoms with E-state index in [1.54, 1.807) is 21.9 Å². The molecule has 0 aromatic heterocycles. The average molecular weight is 514 g/mol. The molecule has 0 aliphatic carbocycles. The quantitative estimate of drug-likeness (QED) is 0.495. The molecule has 0 bridgehead atoms. The van der Waals surface area contributed by atoms with Crippen LogP contribution in [0.3, 0.4) is 0 Å². The molecule has 0 saturated carbocycles. The fraction of sp³-hybridized carbons (Fsp3) is 0.643. The van der Waals surface area contributed by atoms with E-state index in [1.807, 2.05) is 45.0 Å². The van der Waals surface area contributed by atoms with Crippen LogP contribution >= 0.6 is 0 Å². The number of fused-ring (bicyclic) bond motifs is 1. The molecule has 4 atom stereocenters. The number of likely N-dealkylation sites (tertiary alicyclic amines) is 2. The Kier molecular flexibility index (Phi) is 9.34. The first-order valence-electron chi connectivity index (χ1n) is 13.4. The van der Waals surface area contributed by atoms with E-state index in [-0.39, 0.29) is 42.0 Å². The Morgan fingerprint density at radius 3 is 2.22 bits per heavy atom. The SMILES string of the molecule is CC(C)CCC(N)C(=O)N1CC(=O)C2C1CCN2C(=O)C(CC(C)C)NC(=O)c1ccc(N(C)C)cc1. The van der Waals surface area contributed by atoms with Gasteiger partial charge in [0.1, 0.15) is 12.1 Å². The van der Waals surface area contributed by atoms with Crippen LogP contribution in [0, 0.1) is 11.8 Å². The van der Waals surface area contributed by atoms with Crippen LogP contribution in [0.2, 0.25) is 0 Å². The van der Waals surface area contributed by atoms with Crippen molar-refractivity contribution in [1.82, 2.24) is 15.1 Å². The zero-order chi connectivity index (χ0) is 27.4. The van der Waals surface area contributed by atoms with Gasteiger partial charge < -0.3 is 25.8 Å². The largest absolute Gasteiger partial charge is 0.378 e. The Hall–Kier alpha value is -2.94. The summed E-state index contributed by atoms with van der Waals surface area (Å²) in [4.78, 5) is 57.9. The lowest BCUT2D eigenvalue weighted by Crippen LogP contribution is -2.53. The summed E-state index contributed by atoms with van der Waals surface area (Å²) in [6.07, 6.45) is 2.38. The molecule has 9 nitrogen and oxygen atoms in total. The predicted molar refractivity (Wildman–Crippen MR) is 144 cm³/mol. The molecule has 2 aliphatic rings. The molecule has 1 aromatic rings. The summed E-state index contributed by atoms with van der Waals surface area (Å²) in [5, 5.41) is 2.91. The Bertz CT molecular complexity index is 991. The highest BCUT2D eigenvalue weighted by molar-refractivity contribution is 6.01. The van der Waals surface area contributed by atoms with Gasteiger partial charge in [0, 0.05) is 31.9 Å². The van der Waals surface area contributed by atoms with E-state index in [0.717, 1.165) is 12.1 Å². The van der Waals surface area contributed by atoms with Gasteiger partial charge >= 0.3 is 0 Å². The van der Waals surface area contributed by atoms with Crippen molar-refractivity contribution in [2.24, 2.45) is 17.6 Å². The molecular weight excluding hydrogens is 470 g/mol. The topological polar surface area (TPSA) is 116 Å². The van der Waals surface area contributed by atoms with Crippen LogP contribution < -0.4 is 16.0 Å². The maximum atomic E-state index is 13.7. The molecule has 37 heavy (non-hydrogen) atoms. The minimum absolute atomic E-state index is 0.0211. The third-order valence-electron chi connectivity index (χ3n) is 7.32. The average Bonchev–Trinajstić information content (AvgIpc) is 3.42. The van der Waals surface area contributed by atoms with Gasteiger partial charge in [0.2, 0.25) is 11.8 Å². The van der Waals surface area contributed by atoms with Crippen LogP contribution in [0.5, 0.6) is 0 Å². The number of Topliss-reactive ketones (excluding diaryl/α,β-unsaturated/α-hetero) is 1. The summed E-state index contributed by atoms with van der Waals surface area (Å²) < 4.78 is 0. The molecule has 1 aromatic carbocycles. The molecule has 9 heteroatoms. The monoisotopic (exact) mass is 513 g/mol. The smallest absolute Gasteiger partial charge is 0.251 e. The van der Waals surface area contributed by atoms with E-state index in [2.05, 4.69) is 19.2 Å². The Morgan fingerprint density at radius 2 is 1.65 bits per heavy atom. The number of hydrogen-bond acceptors (Lipinski definition) is 6. The van der Waals surface area contributed by atoms with Gasteiger partial charge in [0.05, 0.1) is 18.6 Å². The first-order chi connectivity index (χ1) is 17.4. The van der Waals surface area contributed by atoms with Gasteiger partial charge in [-0.05, 0) is 61.8 Å². The van der Waals surface area contributed by atoms with E-state index in [9.17, 15) is 19.2 Å². The lowest BCUT2D eigenvalue weighted by Gasteiger charge is -2.29. The van der Waals surface area contributed by atoms with E-state index < -0.39 is 18.1 Å². The first-order valence-corrected chi connectivity index (χ1v) is 13.4. The zero-order valence-corrected chi connectivity index (χ0v) is 23.1. The minimum Gasteiger partial charge on any atom is -0.378 e. The van der Waals surface area contributed by atoms with Gasteiger partial charge in [-0.1, -0.05) is 27.7 Å². The molecule has 2 heterocycles. The standard InChI is InChI=1S/C28H43N5O4/c1-17(2)7-12-21(29)27(36)33-16-24(34)25-23(33)13-14-32(25)28(37)22(15-18(3)4)30-26(35)19-8-10-20(11-9-19)31(5)6/h8-11,17-18,21-23,25H,7,12-16,29H2,1-6H3,(H,30,35). The van der Waals surface area contributed by atoms with Crippen molar-refractivity contribution in [1.29, 1.82) is 0 Å². The zero-order valence-electron chi connectivity index (χ0n) is 23.1. The lowest BCUT2D eigenvalue weighted by molar-refractivity contribution is -0.138. The van der Waals surface area contributed by atoms with Crippen LogP contribution in [0.25, 0.3) is 0 Å². The molecular formula is C28H43N5O4. The van der Waals surface area contributed by atoms with Crippen molar-refractivity contribution in [2.45, 2.75) is 77.5 Å². The molecule has 3 N–H and O–H groups in total. The number of anilines is 1. The van der Waals surface area contributed by atoms with E-state index in [1.165, 1.54) is 0 Å². The van der Waals surface area contributed by atoms with Crippen LogP contribution in [-0.4, -0.2) is 84.7 Å². The number of nitrogens with one attached hydrogen (secondary N) is 1. The van der Waals surface area contributed by atoms with Crippen molar-refractivity contribution in [2.75, 3.05) is 32.1 Å². The molecule has 2 aliphatic heterocycles. The van der Waals surface area contributed by atoms with Crippen molar-refractivity contribution >= 4 is 29.2 Å². The molecule has 4 unspecified atom stereocenters. The summed E-state index contributed by atoms with van der Waals surface area (Å²) in [7, 11) is 3.85. The van der Waals surface area contributed by atoms with Crippen molar-refractivity contribution in [3.8, 4) is 0 Å². The molecule has 204 valence electrons. The maximum absolute atomic E-state index is 13.7. The van der Waals surface area contributed by atoms with Gasteiger partial charge in [-0.25, -0.2) is 0 Å². The minimum atomic E-state index is -0.759. The Labute approximate surface area is 220 Å². The van der Waals surface area contributed by atoms with Crippen molar-refractivity contribution in [3.63, 3.8) is 0 Å². The maximum Gasteiger partial charge on any atom is 0.251 e. The van der Waals surface area contributed by atoms with Crippen molar-refractivity contribution < 1.29 is 19.2 Å². The number of amides is 3. The summed E-state index contributed by atoms with van der Waals surface area (Å²) in [6, 6.07) is 4.74. The van der Waals surface area contributed by atoms with Crippen LogP contribution in [0.1, 0.15) is 63.7 Å². The molecule has 0 radical (unpaired) electrons. The fourth-order valence-corrected chi connectivity index (χ4v) is 5.25. The molecule has 3 amide bonds. The van der Waals surface area contributed by atoms with Gasteiger partial charge in [-0.3, -0.25) is 19.2 Å². The summed E-state index contributed by atoms with van der Waals surface area (Å²) in [5.41, 5.74) is 7.61. The van der Waals surface area contributed by atoms with Crippen LogP contribution in [0.4, 0.5) is 5.69 Å². The number of nitrogens with two attached hydrogens (primary N) is 1. The molecule has 2 fully saturated rings. The van der Waals surface area contributed by atoms with Gasteiger partial charge in [-0.2, -0.15) is 0 Å². The number of carbonyl (C=O) groups excluding carboxylic acids is 4. The highest BCUT2D eigenvalue weighted by Crippen LogP contribution is 2.31. The third kappa shape index (κ3) is 6.69. The Morgan fingerprint density at radius 1 is 1.00 bits per heavy atom. The highest BCUT2D eigenvalue weighted by Gasteiger charge is 2.52. The number of carbonyl (C=O) groups is 4. The molecule has 3 rings (SSSR count). The number of hydrogen-bond donors (Lipinski definition) is 2. The van der Waals surface area contributed by atoms with E-state index in [4.69, 9.17) is 5.73 Å². The molecule has 0 spiro atoms. The summed E-state index contributed by atoms with van der Waals surface area (Å²) in [6.45, 7) is 8.49. The number of ketones is 1. The number of benzene rings is 1. The van der Waals surface area contributed by atoms with Crippen LogP contribution in [-0.2, 0) is 14.4 Å². The normalized spacial score (nSPS) is 20.8. The predicted octanol–water partition coefficient (Wildman–Crippen LogP) is 2.04. The van der Waals surface area contributed by atoms with Gasteiger partial charge in [0.25, 0.3) is 5.91 Å². The highest BCUT2D eigenvalue weighted by atomic mass is 16.2. The van der Waals surface area contributed by atoms with Gasteiger partial charge in [-0.15, -0.1) is 0 Å². The summed E-state index contributed by atoms with van der Waals surface area (Å²) in [5.74, 6) is -0.374. The van der Waals surface area contributed by atoms with Gasteiger partial charge in [0.15, 0.2) is 5.78 Å². The van der Waals surface area contributed by atoms with E-state index >= 15 is 0 Å². The second-order valence-corrected chi connectivity index (χ2v) is 11.4. The molecule has 2 saturated heterocycles. The second-order valence-electron chi connectivity index (χ2n) is 11.4. The van der Waals surface area contributed by atoms with Crippen LogP contribution in [0.15, 0.2) is 24.3 Å². The van der Waals surface area contributed by atoms with E-state index in [0.29, 0.717) is 37.3 Å². The van der Waals surface area contributed by atoms with Crippen molar-refractivity contribution in [3.05, 3.63) is 29.8 Å². The second kappa shape index (κ2) is 12.1. The first kappa shape index (κ1) is 28.6. The third-order valence-corrected chi connectivity index (χ3v) is 7.32. The Balaban J connectivity index is 1.72. The lowest BCUT2D eigenvalue weighted by atomic mass is 10.0. The number of nitrogens with zero attached hydrogens (tertiary/aromatic N) is 3.